The second-order valence-electron chi connectivity index (χ2n) is 6.41. The molecule has 0 unspecified atom stereocenters. The highest BCUT2D eigenvalue weighted by molar-refractivity contribution is 7.20. The van der Waals surface area contributed by atoms with E-state index in [0.717, 1.165) is 43.0 Å². The minimum Gasteiger partial charge on any atom is -0.453 e. The quantitative estimate of drug-likeness (QED) is 0.443. The number of H-pyrrole nitrogens is 1. The van der Waals surface area contributed by atoms with Gasteiger partial charge in [0.1, 0.15) is 11.2 Å². The van der Waals surface area contributed by atoms with E-state index >= 15 is 0 Å². The Morgan fingerprint density at radius 2 is 2.00 bits per heavy atom. The van der Waals surface area contributed by atoms with Gasteiger partial charge in [0.2, 0.25) is 0 Å². The Balaban J connectivity index is 1.46. The van der Waals surface area contributed by atoms with Crippen LogP contribution in [0.4, 0.5) is 0 Å². The normalized spacial score (nSPS) is 11.7. The maximum Gasteiger partial charge on any atom is 0.268 e. The van der Waals surface area contributed by atoms with E-state index in [1.54, 1.807) is 23.7 Å². The van der Waals surface area contributed by atoms with E-state index in [-0.39, 0.29) is 0 Å². The molecule has 0 bridgehead atoms. The van der Waals surface area contributed by atoms with Crippen LogP contribution in [0, 0.1) is 0 Å². The molecule has 0 aromatic carbocycles. The molecule has 0 atom stereocenters. The van der Waals surface area contributed by atoms with Gasteiger partial charge in [-0.25, -0.2) is 0 Å². The molecule has 0 amide bonds. The van der Waals surface area contributed by atoms with E-state index in [2.05, 4.69) is 56.2 Å². The molecule has 6 aromatic heterocycles. The molecule has 1 N–H and O–H groups in total. The Kier molecular flexibility index (Phi) is 2.98. The lowest BCUT2D eigenvalue weighted by Gasteiger charge is -1.95. The van der Waals surface area contributed by atoms with Crippen LogP contribution in [0.25, 0.3) is 48.4 Å². The van der Waals surface area contributed by atoms with Gasteiger partial charge in [0.25, 0.3) is 5.00 Å². The minimum atomic E-state index is 0.758. The molecular weight excluding hydrogens is 356 g/mol. The lowest BCUT2D eigenvalue weighted by molar-refractivity contribution is -0.590. The number of nitrogens with zero attached hydrogens (tertiary/aromatic N) is 3. The van der Waals surface area contributed by atoms with Gasteiger partial charge in [-0.05, 0) is 24.3 Å². The standard InChI is InChI=1S/C21H12N4OS/c1-4-22-10-19-14(1)8-18(26-19)16-7-15-9-21(27-20(15)11-24-16)25-6-3-13-2-5-23-17(13)12-25/h1-12H/p+1. The van der Waals surface area contributed by atoms with Crippen molar-refractivity contribution in [2.75, 3.05) is 0 Å². The van der Waals surface area contributed by atoms with Gasteiger partial charge in [-0.15, -0.1) is 0 Å². The summed E-state index contributed by atoms with van der Waals surface area (Å²) in [6.45, 7) is 0. The molecule has 0 spiro atoms. The zero-order valence-corrected chi connectivity index (χ0v) is 14.9. The largest absolute Gasteiger partial charge is 0.453 e. The second-order valence-corrected chi connectivity index (χ2v) is 7.48. The van der Waals surface area contributed by atoms with Crippen molar-refractivity contribution < 1.29 is 8.98 Å². The van der Waals surface area contributed by atoms with Crippen LogP contribution in [-0.2, 0) is 0 Å². The average molecular weight is 369 g/mol. The summed E-state index contributed by atoms with van der Waals surface area (Å²) in [7, 11) is 0. The molecule has 6 heteroatoms. The summed E-state index contributed by atoms with van der Waals surface area (Å²) in [4.78, 5) is 12.0. The third-order valence-electron chi connectivity index (χ3n) is 4.72. The SMILES string of the molecule is c1cc2cc(-c3cc4cc(-[n+]5ccc6cc[nH]c6c5)sc4cn3)oc2cn1. The van der Waals surface area contributed by atoms with Gasteiger partial charge in [-0.2, -0.15) is 4.57 Å². The Hall–Kier alpha value is -3.51. The number of furan rings is 1. The first kappa shape index (κ1) is 14.6. The minimum absolute atomic E-state index is 0.758. The van der Waals surface area contributed by atoms with Gasteiger partial charge in [0.15, 0.2) is 23.7 Å². The first-order valence-electron chi connectivity index (χ1n) is 8.56. The second kappa shape index (κ2) is 5.49. The summed E-state index contributed by atoms with van der Waals surface area (Å²) in [5.41, 5.74) is 2.72. The van der Waals surface area contributed by atoms with Crippen LogP contribution in [0.15, 0.2) is 78.0 Å². The third-order valence-corrected chi connectivity index (χ3v) is 5.82. The van der Waals surface area contributed by atoms with Gasteiger partial charge < -0.3 is 9.40 Å². The first-order chi connectivity index (χ1) is 13.3. The van der Waals surface area contributed by atoms with E-state index in [1.165, 1.54) is 5.39 Å². The molecule has 5 nitrogen and oxygen atoms in total. The van der Waals surface area contributed by atoms with Gasteiger partial charge in [-0.3, -0.25) is 9.97 Å². The van der Waals surface area contributed by atoms with Gasteiger partial charge in [-0.1, -0.05) is 11.3 Å². The van der Waals surface area contributed by atoms with E-state index in [4.69, 9.17) is 4.42 Å². The summed E-state index contributed by atoms with van der Waals surface area (Å²) in [5, 5.41) is 4.53. The van der Waals surface area contributed by atoms with Crippen molar-refractivity contribution in [3.63, 3.8) is 0 Å². The van der Waals surface area contributed by atoms with Crippen LogP contribution in [0.3, 0.4) is 0 Å². The average Bonchev–Trinajstić information content (AvgIpc) is 3.42. The van der Waals surface area contributed by atoms with Crippen molar-refractivity contribution in [3.05, 3.63) is 73.6 Å². The summed E-state index contributed by atoms with van der Waals surface area (Å²) >= 11 is 1.72. The van der Waals surface area contributed by atoms with Crippen LogP contribution in [0.1, 0.15) is 0 Å². The summed E-state index contributed by atoms with van der Waals surface area (Å²) in [5.74, 6) is 0.758. The van der Waals surface area contributed by atoms with Crippen LogP contribution in [-0.4, -0.2) is 15.0 Å². The summed E-state index contributed by atoms with van der Waals surface area (Å²) < 4.78 is 9.18. The van der Waals surface area contributed by atoms with Gasteiger partial charge in [0, 0.05) is 46.9 Å². The molecular formula is C21H13N4OS+. The smallest absolute Gasteiger partial charge is 0.268 e. The lowest BCUT2D eigenvalue weighted by atomic mass is 10.2. The monoisotopic (exact) mass is 369 g/mol. The van der Waals surface area contributed by atoms with Gasteiger partial charge in [0.05, 0.1) is 10.9 Å². The Bertz CT molecular complexity index is 1410. The van der Waals surface area contributed by atoms with Crippen molar-refractivity contribution in [1.82, 2.24) is 15.0 Å². The number of rotatable bonds is 2. The third kappa shape index (κ3) is 2.34. The highest BCUT2D eigenvalue weighted by Gasteiger charge is 2.15. The van der Waals surface area contributed by atoms with Crippen LogP contribution in [0.2, 0.25) is 0 Å². The Morgan fingerprint density at radius 1 is 1.00 bits per heavy atom. The molecule has 0 aliphatic heterocycles. The Labute approximate surface area is 157 Å². The zero-order valence-electron chi connectivity index (χ0n) is 14.1. The molecule has 0 radical (unpaired) electrons. The van der Waals surface area contributed by atoms with Crippen LogP contribution >= 0.6 is 11.3 Å². The molecule has 6 aromatic rings. The molecule has 0 aliphatic rings. The maximum atomic E-state index is 5.90. The van der Waals surface area contributed by atoms with Crippen LogP contribution in [0.5, 0.6) is 0 Å². The molecule has 6 rings (SSSR count). The fourth-order valence-corrected chi connectivity index (χ4v) is 4.31. The molecule has 6 heterocycles. The summed E-state index contributed by atoms with van der Waals surface area (Å²) in [6.07, 6.45) is 11.6. The van der Waals surface area contributed by atoms with Gasteiger partial charge >= 0.3 is 0 Å². The van der Waals surface area contributed by atoms with E-state index in [1.807, 2.05) is 24.5 Å². The number of aromatic nitrogens is 4. The number of thiophene rings is 1. The number of fused-ring (bicyclic) bond motifs is 3. The first-order valence-corrected chi connectivity index (χ1v) is 9.37. The fraction of sp³-hybridized carbons (Fsp3) is 0. The number of aromatic amines is 1. The highest BCUT2D eigenvalue weighted by atomic mass is 32.1. The molecule has 0 fully saturated rings. The predicted molar refractivity (Wildman–Crippen MR) is 106 cm³/mol. The molecule has 128 valence electrons. The maximum absolute atomic E-state index is 5.90. The number of pyridine rings is 3. The van der Waals surface area contributed by atoms with Crippen molar-refractivity contribution in [3.8, 4) is 16.5 Å². The lowest BCUT2D eigenvalue weighted by Crippen LogP contribution is -2.27. The zero-order chi connectivity index (χ0) is 17.8. The molecule has 27 heavy (non-hydrogen) atoms. The van der Waals surface area contributed by atoms with Crippen molar-refractivity contribution in [1.29, 1.82) is 0 Å². The van der Waals surface area contributed by atoms with Crippen LogP contribution < -0.4 is 4.57 Å². The topological polar surface area (TPSA) is 58.6 Å². The van der Waals surface area contributed by atoms with E-state index in [9.17, 15) is 0 Å². The molecule has 0 saturated heterocycles. The number of nitrogens with one attached hydrogen (secondary N) is 1. The highest BCUT2D eigenvalue weighted by Crippen LogP contribution is 2.31. The summed E-state index contributed by atoms with van der Waals surface area (Å²) in [6, 6.07) is 12.4. The predicted octanol–water partition coefficient (Wildman–Crippen LogP) is 4.86. The van der Waals surface area contributed by atoms with Crippen molar-refractivity contribution in [2.45, 2.75) is 0 Å². The van der Waals surface area contributed by atoms with E-state index in [0.29, 0.717) is 0 Å². The van der Waals surface area contributed by atoms with E-state index < -0.39 is 0 Å². The number of hydrogen-bond donors (Lipinski definition) is 1. The molecule has 0 saturated carbocycles. The Morgan fingerprint density at radius 3 is 2.96 bits per heavy atom. The van der Waals surface area contributed by atoms with Crippen molar-refractivity contribution >= 4 is 43.3 Å². The fourth-order valence-electron chi connectivity index (χ4n) is 3.34. The van der Waals surface area contributed by atoms with Crippen molar-refractivity contribution in [2.24, 2.45) is 0 Å². The number of hydrogen-bond acceptors (Lipinski definition) is 4. The molecule has 0 aliphatic carbocycles.